The number of hydrogen-bond acceptors (Lipinski definition) is 4. The Hall–Kier alpha value is -1.20. The molecule has 4 nitrogen and oxygen atoms in total. The molecule has 1 aromatic carbocycles. The number of carbonyl (C=O) groups excluding carboxylic acids is 2. The van der Waals surface area contributed by atoms with Crippen LogP contribution in [-0.4, -0.2) is 41.2 Å². The fourth-order valence-electron chi connectivity index (χ4n) is 2.98. The molecule has 24 heavy (non-hydrogen) atoms. The average molecular weight is 370 g/mol. The van der Waals surface area contributed by atoms with Gasteiger partial charge in [-0.25, -0.2) is 0 Å². The highest BCUT2D eigenvalue weighted by Gasteiger charge is 2.29. The van der Waals surface area contributed by atoms with Gasteiger partial charge in [0, 0.05) is 27.8 Å². The van der Waals surface area contributed by atoms with Crippen molar-refractivity contribution in [1.29, 1.82) is 0 Å². The van der Waals surface area contributed by atoms with Crippen molar-refractivity contribution in [1.82, 2.24) is 4.90 Å². The first-order chi connectivity index (χ1) is 11.5. The first-order valence-corrected chi connectivity index (χ1v) is 9.69. The van der Waals surface area contributed by atoms with E-state index in [1.807, 2.05) is 29.2 Å². The Morgan fingerprint density at radius 2 is 1.83 bits per heavy atom. The quantitative estimate of drug-likeness (QED) is 0.558. The summed E-state index contributed by atoms with van der Waals surface area (Å²) in [4.78, 5) is 27.0. The number of halogens is 1. The smallest absolute Gasteiger partial charge is 0.307 e. The Balaban J connectivity index is 1.68. The number of esters is 1. The monoisotopic (exact) mass is 369 g/mol. The summed E-state index contributed by atoms with van der Waals surface area (Å²) in [5.74, 6) is 0.195. The molecule has 0 radical (unpaired) electrons. The third-order valence-electron chi connectivity index (χ3n) is 4.23. The number of nitrogens with zero attached hydrogens (tertiary/aromatic N) is 1. The number of piperidine rings is 1. The minimum Gasteiger partial charge on any atom is -0.456 e. The van der Waals surface area contributed by atoms with Crippen LogP contribution in [0.1, 0.15) is 39.5 Å². The maximum Gasteiger partial charge on any atom is 0.307 e. The Kier molecular flexibility index (Phi) is 7.43. The van der Waals surface area contributed by atoms with Crippen LogP contribution < -0.4 is 0 Å². The number of carbonyl (C=O) groups is 2. The van der Waals surface area contributed by atoms with Gasteiger partial charge in [-0.05, 0) is 57.4 Å². The van der Waals surface area contributed by atoms with E-state index >= 15 is 0 Å². The first-order valence-electron chi connectivity index (χ1n) is 8.32. The molecule has 132 valence electrons. The maximum atomic E-state index is 12.3. The standard InChI is InChI=1S/C18H24ClNO3S/c1-13-4-3-5-14(2)20(13)17(21)12-23-18(22)10-11-24-16-8-6-15(19)7-9-16/h6-9,13-14H,3-5,10-12H2,1-2H3/t13-,14-/m0/s1. The van der Waals surface area contributed by atoms with Gasteiger partial charge in [-0.2, -0.15) is 0 Å². The molecular formula is C18H24ClNO3S. The number of benzene rings is 1. The van der Waals surface area contributed by atoms with Crippen LogP contribution in [0.2, 0.25) is 5.02 Å². The van der Waals surface area contributed by atoms with Gasteiger partial charge in [-0.1, -0.05) is 11.6 Å². The Morgan fingerprint density at radius 1 is 1.21 bits per heavy atom. The summed E-state index contributed by atoms with van der Waals surface area (Å²) in [6, 6.07) is 7.92. The molecule has 0 aromatic heterocycles. The Labute approximate surface area is 152 Å². The zero-order chi connectivity index (χ0) is 17.5. The summed E-state index contributed by atoms with van der Waals surface area (Å²) in [6.45, 7) is 3.95. The van der Waals surface area contributed by atoms with E-state index < -0.39 is 0 Å². The lowest BCUT2D eigenvalue weighted by Crippen LogP contribution is -2.49. The highest BCUT2D eigenvalue weighted by Crippen LogP contribution is 2.23. The summed E-state index contributed by atoms with van der Waals surface area (Å²) in [6.07, 6.45) is 3.46. The van der Waals surface area contributed by atoms with E-state index in [0.717, 1.165) is 24.2 Å². The molecule has 1 aliphatic heterocycles. The number of amides is 1. The van der Waals surface area contributed by atoms with Gasteiger partial charge in [0.05, 0.1) is 6.42 Å². The Bertz CT molecular complexity index is 554. The van der Waals surface area contributed by atoms with Gasteiger partial charge in [-0.15, -0.1) is 11.8 Å². The molecular weight excluding hydrogens is 346 g/mol. The summed E-state index contributed by atoms with van der Waals surface area (Å²) in [5, 5.41) is 0.693. The van der Waals surface area contributed by atoms with Crippen molar-refractivity contribution in [3.8, 4) is 0 Å². The number of hydrogen-bond donors (Lipinski definition) is 0. The number of ether oxygens (including phenoxy) is 1. The highest BCUT2D eigenvalue weighted by molar-refractivity contribution is 7.99. The van der Waals surface area contributed by atoms with E-state index in [9.17, 15) is 9.59 Å². The number of rotatable bonds is 6. The number of thioether (sulfide) groups is 1. The average Bonchev–Trinajstić information content (AvgIpc) is 2.54. The van der Waals surface area contributed by atoms with E-state index in [4.69, 9.17) is 16.3 Å². The van der Waals surface area contributed by atoms with Gasteiger partial charge in [0.2, 0.25) is 0 Å². The van der Waals surface area contributed by atoms with Gasteiger partial charge >= 0.3 is 5.97 Å². The third-order valence-corrected chi connectivity index (χ3v) is 5.49. The summed E-state index contributed by atoms with van der Waals surface area (Å²) in [7, 11) is 0. The van der Waals surface area contributed by atoms with Crippen LogP contribution in [0, 0.1) is 0 Å². The van der Waals surface area contributed by atoms with Crippen LogP contribution in [0.15, 0.2) is 29.2 Å². The molecule has 0 N–H and O–H groups in total. The lowest BCUT2D eigenvalue weighted by molar-refractivity contribution is -0.154. The minimum absolute atomic E-state index is 0.0894. The van der Waals surface area contributed by atoms with E-state index in [-0.39, 0.29) is 37.0 Å². The van der Waals surface area contributed by atoms with Crippen LogP contribution in [-0.2, 0) is 14.3 Å². The van der Waals surface area contributed by atoms with E-state index in [1.54, 1.807) is 11.8 Å². The molecule has 1 aliphatic rings. The molecule has 2 rings (SSSR count). The highest BCUT2D eigenvalue weighted by atomic mass is 35.5. The molecule has 0 saturated carbocycles. The van der Waals surface area contributed by atoms with E-state index in [1.165, 1.54) is 0 Å². The fraction of sp³-hybridized carbons (Fsp3) is 0.556. The molecule has 6 heteroatoms. The predicted molar refractivity (Wildman–Crippen MR) is 97.4 cm³/mol. The SMILES string of the molecule is C[C@H]1CCC[C@H](C)N1C(=O)COC(=O)CCSc1ccc(Cl)cc1. The van der Waals surface area contributed by atoms with Gasteiger partial charge in [0.1, 0.15) is 0 Å². The summed E-state index contributed by atoms with van der Waals surface area (Å²) >= 11 is 7.40. The zero-order valence-electron chi connectivity index (χ0n) is 14.2. The van der Waals surface area contributed by atoms with Gasteiger partial charge in [0.25, 0.3) is 5.91 Å². The second kappa shape index (κ2) is 9.33. The molecule has 0 unspecified atom stereocenters. The van der Waals surface area contributed by atoms with Crippen molar-refractivity contribution in [2.45, 2.75) is 56.5 Å². The van der Waals surface area contributed by atoms with Gasteiger partial charge in [0.15, 0.2) is 6.61 Å². The molecule has 0 bridgehead atoms. The molecule has 1 heterocycles. The van der Waals surface area contributed by atoms with Crippen LogP contribution in [0.5, 0.6) is 0 Å². The maximum absolute atomic E-state index is 12.3. The van der Waals surface area contributed by atoms with Crippen LogP contribution in [0.4, 0.5) is 0 Å². The number of likely N-dealkylation sites (tertiary alicyclic amines) is 1. The van der Waals surface area contributed by atoms with Crippen LogP contribution >= 0.6 is 23.4 Å². The molecule has 1 fully saturated rings. The molecule has 2 atom stereocenters. The van der Waals surface area contributed by atoms with Crippen molar-refractivity contribution in [3.05, 3.63) is 29.3 Å². The van der Waals surface area contributed by atoms with Gasteiger partial charge < -0.3 is 9.64 Å². The molecule has 1 amide bonds. The van der Waals surface area contributed by atoms with E-state index in [2.05, 4.69) is 13.8 Å². The molecule has 1 aromatic rings. The largest absolute Gasteiger partial charge is 0.456 e. The second-order valence-electron chi connectivity index (χ2n) is 6.14. The zero-order valence-corrected chi connectivity index (χ0v) is 15.7. The molecule has 0 aliphatic carbocycles. The van der Waals surface area contributed by atoms with Crippen LogP contribution in [0.25, 0.3) is 0 Å². The Morgan fingerprint density at radius 3 is 2.46 bits per heavy atom. The normalized spacial score (nSPS) is 20.7. The van der Waals surface area contributed by atoms with Crippen molar-refractivity contribution in [2.24, 2.45) is 0 Å². The second-order valence-corrected chi connectivity index (χ2v) is 7.75. The minimum atomic E-state index is -0.331. The van der Waals surface area contributed by atoms with E-state index in [0.29, 0.717) is 10.8 Å². The third kappa shape index (κ3) is 5.71. The predicted octanol–water partition coefficient (Wildman–Crippen LogP) is 4.15. The topological polar surface area (TPSA) is 46.6 Å². The summed E-state index contributed by atoms with van der Waals surface area (Å²) in [5.41, 5.74) is 0. The lowest BCUT2D eigenvalue weighted by Gasteiger charge is -2.38. The van der Waals surface area contributed by atoms with Crippen molar-refractivity contribution < 1.29 is 14.3 Å². The van der Waals surface area contributed by atoms with Crippen molar-refractivity contribution >= 4 is 35.2 Å². The van der Waals surface area contributed by atoms with Crippen LogP contribution in [0.3, 0.4) is 0 Å². The first kappa shape index (κ1) is 19.1. The molecule has 1 saturated heterocycles. The van der Waals surface area contributed by atoms with Gasteiger partial charge in [-0.3, -0.25) is 9.59 Å². The fourth-order valence-corrected chi connectivity index (χ4v) is 3.94. The molecule has 0 spiro atoms. The summed E-state index contributed by atoms with van der Waals surface area (Å²) < 4.78 is 5.15. The van der Waals surface area contributed by atoms with Crippen molar-refractivity contribution in [2.75, 3.05) is 12.4 Å². The lowest BCUT2D eigenvalue weighted by atomic mass is 9.97. The van der Waals surface area contributed by atoms with Crippen molar-refractivity contribution in [3.63, 3.8) is 0 Å².